The van der Waals surface area contributed by atoms with Crippen LogP contribution in [-0.4, -0.2) is 23.0 Å². The van der Waals surface area contributed by atoms with Crippen LogP contribution in [0.3, 0.4) is 0 Å². The summed E-state index contributed by atoms with van der Waals surface area (Å²) in [6, 6.07) is 8.50. The van der Waals surface area contributed by atoms with E-state index in [4.69, 9.17) is 4.74 Å². The van der Waals surface area contributed by atoms with Crippen LogP contribution in [0.4, 0.5) is 13.2 Å². The van der Waals surface area contributed by atoms with Gasteiger partial charge in [-0.25, -0.2) is 13.2 Å². The summed E-state index contributed by atoms with van der Waals surface area (Å²) in [5.41, 5.74) is 2.71. The number of carbonyl (C=O) groups excluding carboxylic acids is 1. The van der Waals surface area contributed by atoms with Crippen LogP contribution < -0.4 is 0 Å². The zero-order chi connectivity index (χ0) is 21.6. The van der Waals surface area contributed by atoms with Gasteiger partial charge in [0.25, 0.3) is 5.92 Å². The number of allylic oxidation sites excluding steroid dienone is 1. The fourth-order valence-electron chi connectivity index (χ4n) is 4.82. The highest BCUT2D eigenvalue weighted by Gasteiger charge is 2.59. The van der Waals surface area contributed by atoms with Crippen molar-refractivity contribution in [2.24, 2.45) is 23.7 Å². The number of rotatable bonds is 3. The Bertz CT molecular complexity index is 986. The maximum Gasteiger partial charge on any atom is 0.309 e. The van der Waals surface area contributed by atoms with E-state index in [1.165, 1.54) is 13.0 Å². The highest BCUT2D eigenvalue weighted by atomic mass is 19.3. The van der Waals surface area contributed by atoms with E-state index < -0.39 is 36.1 Å². The molecule has 1 saturated heterocycles. The van der Waals surface area contributed by atoms with Crippen molar-refractivity contribution in [3.05, 3.63) is 59.7 Å². The number of pyridine rings is 1. The third kappa shape index (κ3) is 3.53. The second-order valence-corrected chi connectivity index (χ2v) is 8.40. The van der Waals surface area contributed by atoms with Gasteiger partial charge in [0, 0.05) is 30.0 Å². The lowest BCUT2D eigenvalue weighted by atomic mass is 9.64. The van der Waals surface area contributed by atoms with Gasteiger partial charge < -0.3 is 4.74 Å². The molecule has 0 radical (unpaired) electrons. The van der Waals surface area contributed by atoms with Crippen molar-refractivity contribution in [1.82, 2.24) is 4.98 Å². The van der Waals surface area contributed by atoms with Gasteiger partial charge in [-0.3, -0.25) is 9.78 Å². The number of alkyl halides is 2. The van der Waals surface area contributed by atoms with Gasteiger partial charge in [-0.1, -0.05) is 31.2 Å². The average Bonchev–Trinajstić information content (AvgIpc) is 2.97. The van der Waals surface area contributed by atoms with E-state index in [0.29, 0.717) is 11.3 Å². The number of nitrogens with zero attached hydrogens (tertiary/aromatic N) is 1. The number of ether oxygens (including phenoxy) is 1. The molecule has 158 valence electrons. The van der Waals surface area contributed by atoms with Crippen molar-refractivity contribution in [3.8, 4) is 11.1 Å². The molecule has 4 rings (SSSR count). The fourth-order valence-corrected chi connectivity index (χ4v) is 4.82. The van der Waals surface area contributed by atoms with Crippen molar-refractivity contribution in [2.45, 2.75) is 39.2 Å². The Morgan fingerprint density at radius 3 is 2.67 bits per heavy atom. The van der Waals surface area contributed by atoms with Crippen LogP contribution in [-0.2, 0) is 9.53 Å². The number of aromatic nitrogens is 1. The largest absolute Gasteiger partial charge is 0.462 e. The standard InChI is InChI=1S/C24H24F3NO2/c1-13-18(5-4-6-21(13)25)16-7-8-17(28-12-16)9-10-19-14(2)24(26,27)11-20-22(19)15(3)30-23(20)29/h4-10,12,14-15,19-20,22H,11H2,1-3H3/b10-9+/t14-,15+,19-,20+,22-/m0/s1. The molecule has 1 aliphatic carbocycles. The summed E-state index contributed by atoms with van der Waals surface area (Å²) >= 11 is 0. The third-order valence-corrected chi connectivity index (χ3v) is 6.65. The van der Waals surface area contributed by atoms with Gasteiger partial charge in [-0.15, -0.1) is 0 Å². The predicted octanol–water partition coefficient (Wildman–Crippen LogP) is 5.68. The summed E-state index contributed by atoms with van der Waals surface area (Å²) in [6.45, 7) is 5.02. The van der Waals surface area contributed by atoms with Crippen LogP contribution >= 0.6 is 0 Å². The fraction of sp³-hybridized carbons (Fsp3) is 0.417. The smallest absolute Gasteiger partial charge is 0.309 e. The Morgan fingerprint density at radius 1 is 1.20 bits per heavy atom. The zero-order valence-electron chi connectivity index (χ0n) is 17.1. The Hall–Kier alpha value is -2.63. The molecule has 2 aromatic rings. The third-order valence-electron chi connectivity index (χ3n) is 6.65. The molecule has 0 spiro atoms. The zero-order valence-corrected chi connectivity index (χ0v) is 17.1. The summed E-state index contributed by atoms with van der Waals surface area (Å²) < 4.78 is 48.1. The number of halogens is 3. The number of fused-ring (bicyclic) bond motifs is 1. The summed E-state index contributed by atoms with van der Waals surface area (Å²) in [7, 11) is 0. The van der Waals surface area contributed by atoms with Crippen molar-refractivity contribution < 1.29 is 22.7 Å². The van der Waals surface area contributed by atoms with E-state index in [0.717, 1.165) is 11.1 Å². The Morgan fingerprint density at radius 2 is 1.97 bits per heavy atom. The molecule has 1 aromatic heterocycles. The van der Waals surface area contributed by atoms with Gasteiger partial charge in [0.05, 0.1) is 11.6 Å². The number of carbonyl (C=O) groups is 1. The minimum atomic E-state index is -2.93. The normalized spacial score (nSPS) is 30.3. The number of cyclic esters (lactones) is 1. The number of hydrogen-bond acceptors (Lipinski definition) is 3. The first-order valence-electron chi connectivity index (χ1n) is 10.2. The Labute approximate surface area is 174 Å². The van der Waals surface area contributed by atoms with E-state index >= 15 is 0 Å². The maximum atomic E-state index is 14.5. The minimum Gasteiger partial charge on any atom is -0.462 e. The van der Waals surface area contributed by atoms with Crippen LogP contribution in [0.25, 0.3) is 17.2 Å². The predicted molar refractivity (Wildman–Crippen MR) is 108 cm³/mol. The quantitative estimate of drug-likeness (QED) is 0.606. The highest BCUT2D eigenvalue weighted by Crippen LogP contribution is 2.52. The molecule has 5 atom stereocenters. The monoisotopic (exact) mass is 415 g/mol. The molecule has 3 nitrogen and oxygen atoms in total. The number of esters is 1. The Balaban J connectivity index is 1.59. The molecular formula is C24H24F3NO2. The van der Waals surface area contributed by atoms with Crippen molar-refractivity contribution in [1.29, 1.82) is 0 Å². The lowest BCUT2D eigenvalue weighted by Gasteiger charge is -2.41. The minimum absolute atomic E-state index is 0.266. The first kappa shape index (κ1) is 20.6. The molecule has 0 N–H and O–H groups in total. The van der Waals surface area contributed by atoms with Crippen LogP contribution in [0.15, 0.2) is 42.6 Å². The average molecular weight is 415 g/mol. The SMILES string of the molecule is Cc1c(F)cccc1-c1ccc(/C=C/[C@@H]2[C@@H]3[C@@H](C)OC(=O)[C@@H]3CC(F)(F)[C@H]2C)nc1. The molecule has 6 heteroatoms. The van der Waals surface area contributed by atoms with Gasteiger partial charge >= 0.3 is 5.97 Å². The lowest BCUT2D eigenvalue weighted by Crippen LogP contribution is -2.46. The van der Waals surface area contributed by atoms with Crippen LogP contribution in [0.2, 0.25) is 0 Å². The molecule has 1 aromatic carbocycles. The molecule has 2 aliphatic rings. The molecule has 0 unspecified atom stereocenters. The van der Waals surface area contributed by atoms with Gasteiger partial charge in [-0.2, -0.15) is 0 Å². The van der Waals surface area contributed by atoms with Gasteiger partial charge in [-0.05, 0) is 49.1 Å². The van der Waals surface area contributed by atoms with Crippen LogP contribution in [0.5, 0.6) is 0 Å². The first-order chi connectivity index (χ1) is 14.2. The van der Waals surface area contributed by atoms with E-state index in [2.05, 4.69) is 4.98 Å². The molecule has 30 heavy (non-hydrogen) atoms. The van der Waals surface area contributed by atoms with Crippen LogP contribution in [0.1, 0.15) is 31.5 Å². The molecule has 0 bridgehead atoms. The van der Waals surface area contributed by atoms with Crippen molar-refractivity contribution in [3.63, 3.8) is 0 Å². The first-order valence-corrected chi connectivity index (χ1v) is 10.2. The lowest BCUT2D eigenvalue weighted by molar-refractivity contribution is -0.152. The molecule has 1 saturated carbocycles. The van der Waals surface area contributed by atoms with E-state index in [1.54, 1.807) is 44.3 Å². The molecule has 2 fully saturated rings. The molecule has 0 amide bonds. The van der Waals surface area contributed by atoms with Gasteiger partial charge in [0.2, 0.25) is 0 Å². The maximum absolute atomic E-state index is 14.5. The Kier molecular flexibility index (Phi) is 5.20. The van der Waals surface area contributed by atoms with Crippen molar-refractivity contribution >= 4 is 12.0 Å². The summed E-state index contributed by atoms with van der Waals surface area (Å²) in [6.07, 6.45) is 4.27. The van der Waals surface area contributed by atoms with E-state index in [1.807, 2.05) is 12.1 Å². The molecule has 2 heterocycles. The highest BCUT2D eigenvalue weighted by molar-refractivity contribution is 5.76. The van der Waals surface area contributed by atoms with Gasteiger partial charge in [0.15, 0.2) is 0 Å². The summed E-state index contributed by atoms with van der Waals surface area (Å²) in [4.78, 5) is 16.4. The second-order valence-electron chi connectivity index (χ2n) is 8.40. The van der Waals surface area contributed by atoms with E-state index in [-0.39, 0.29) is 17.8 Å². The molecular weight excluding hydrogens is 391 g/mol. The second kappa shape index (κ2) is 7.56. The summed E-state index contributed by atoms with van der Waals surface area (Å²) in [5, 5.41) is 0. The summed E-state index contributed by atoms with van der Waals surface area (Å²) in [5.74, 6) is -6.16. The number of benzene rings is 1. The van der Waals surface area contributed by atoms with Gasteiger partial charge in [0.1, 0.15) is 11.9 Å². The number of hydrogen-bond donors (Lipinski definition) is 0. The topological polar surface area (TPSA) is 39.2 Å². The van der Waals surface area contributed by atoms with Crippen LogP contribution in [0, 0.1) is 36.4 Å². The van der Waals surface area contributed by atoms with Crippen molar-refractivity contribution in [2.75, 3.05) is 0 Å². The molecule has 1 aliphatic heterocycles. The van der Waals surface area contributed by atoms with E-state index in [9.17, 15) is 18.0 Å².